The number of hydrogen-bond acceptors (Lipinski definition) is 3. The molecule has 0 aliphatic rings. The number of nitrogens with one attached hydrogen (secondary N) is 1. The van der Waals surface area contributed by atoms with Crippen molar-refractivity contribution in [2.75, 3.05) is 0 Å². The minimum atomic E-state index is -0.804. The Labute approximate surface area is 66.5 Å². The molecular weight excluding hydrogens is 146 g/mol. The number of alkyl carbamates (subject to hydrolysis) is 1. The predicted octanol–water partition coefficient (Wildman–Crippen LogP) is 0.849. The van der Waals surface area contributed by atoms with E-state index in [4.69, 9.17) is 9.84 Å². The van der Waals surface area contributed by atoms with Gasteiger partial charge in [-0.25, -0.2) is 4.79 Å². The lowest BCUT2D eigenvalue weighted by Crippen LogP contribution is -2.35. The Morgan fingerprint density at radius 2 is 2.18 bits per heavy atom. The fourth-order valence-electron chi connectivity index (χ4n) is 0.486. The van der Waals surface area contributed by atoms with Crippen molar-refractivity contribution in [1.29, 1.82) is 0 Å². The van der Waals surface area contributed by atoms with Crippen molar-refractivity contribution in [1.82, 2.24) is 5.32 Å². The second-order valence-corrected chi connectivity index (χ2v) is 2.52. The molecule has 1 amide bonds. The van der Waals surface area contributed by atoms with Crippen LogP contribution in [0.1, 0.15) is 27.2 Å². The third kappa shape index (κ3) is 5.66. The summed E-state index contributed by atoms with van der Waals surface area (Å²) in [5.74, 6) is 0. The van der Waals surface area contributed by atoms with Crippen LogP contribution < -0.4 is 5.32 Å². The monoisotopic (exact) mass is 161 g/mol. The maximum absolute atomic E-state index is 10.7. The van der Waals surface area contributed by atoms with Crippen molar-refractivity contribution < 1.29 is 14.6 Å². The molecule has 0 aliphatic heterocycles. The molecule has 0 rings (SSSR count). The molecule has 0 aromatic carbocycles. The van der Waals surface area contributed by atoms with E-state index in [-0.39, 0.29) is 6.10 Å². The molecule has 0 aromatic heterocycles. The molecule has 0 aromatic rings. The average Bonchev–Trinajstić information content (AvgIpc) is 1.85. The number of carbonyl (C=O) groups is 1. The van der Waals surface area contributed by atoms with Crippen molar-refractivity contribution >= 4 is 6.09 Å². The first-order chi connectivity index (χ1) is 5.06. The Balaban J connectivity index is 3.52. The molecule has 0 saturated heterocycles. The first-order valence-electron chi connectivity index (χ1n) is 3.71. The van der Waals surface area contributed by atoms with E-state index in [1.807, 2.05) is 0 Å². The summed E-state index contributed by atoms with van der Waals surface area (Å²) in [5, 5.41) is 11.2. The van der Waals surface area contributed by atoms with Gasteiger partial charge < -0.3 is 9.84 Å². The van der Waals surface area contributed by atoms with Crippen LogP contribution in [0.4, 0.5) is 4.79 Å². The van der Waals surface area contributed by atoms with Gasteiger partial charge in [-0.3, -0.25) is 5.32 Å². The number of aliphatic hydroxyl groups is 1. The van der Waals surface area contributed by atoms with Crippen LogP contribution in [0.15, 0.2) is 0 Å². The molecule has 0 fully saturated rings. The molecule has 0 radical (unpaired) electrons. The lowest BCUT2D eigenvalue weighted by molar-refractivity contribution is 0.0796. The van der Waals surface area contributed by atoms with E-state index in [1.54, 1.807) is 20.8 Å². The fraction of sp³-hybridized carbons (Fsp3) is 0.857. The average molecular weight is 161 g/mol. The van der Waals surface area contributed by atoms with Crippen LogP contribution in [0.25, 0.3) is 0 Å². The van der Waals surface area contributed by atoms with Gasteiger partial charge in [0.05, 0.1) is 6.10 Å². The topological polar surface area (TPSA) is 58.6 Å². The summed E-state index contributed by atoms with van der Waals surface area (Å²) in [5.41, 5.74) is 0. The number of aliphatic hydroxyl groups excluding tert-OH is 1. The van der Waals surface area contributed by atoms with Crippen LogP contribution in [0.3, 0.4) is 0 Å². The predicted molar refractivity (Wildman–Crippen MR) is 41.1 cm³/mol. The zero-order chi connectivity index (χ0) is 8.85. The van der Waals surface area contributed by atoms with Gasteiger partial charge in [-0.2, -0.15) is 0 Å². The van der Waals surface area contributed by atoms with Crippen LogP contribution >= 0.6 is 0 Å². The molecule has 1 unspecified atom stereocenters. The molecule has 2 N–H and O–H groups in total. The van der Waals surface area contributed by atoms with Crippen molar-refractivity contribution in [3.05, 3.63) is 0 Å². The van der Waals surface area contributed by atoms with Crippen molar-refractivity contribution in [2.24, 2.45) is 0 Å². The van der Waals surface area contributed by atoms with E-state index in [0.717, 1.165) is 0 Å². The molecular formula is C7H15NO3. The Morgan fingerprint density at radius 1 is 1.64 bits per heavy atom. The van der Waals surface area contributed by atoms with Gasteiger partial charge in [-0.1, -0.05) is 6.92 Å². The van der Waals surface area contributed by atoms with Crippen molar-refractivity contribution in [2.45, 2.75) is 39.5 Å². The van der Waals surface area contributed by atoms with Gasteiger partial charge in [0.25, 0.3) is 0 Å². The third-order valence-electron chi connectivity index (χ3n) is 1.01. The molecule has 66 valence electrons. The normalized spacial score (nSPS) is 12.8. The standard InChI is InChI=1S/C7H15NO3/c1-4-6(9)8-7(10)11-5(2)3/h5-6,9H,4H2,1-3H3,(H,8,10). The molecule has 11 heavy (non-hydrogen) atoms. The quantitative estimate of drug-likeness (QED) is 0.603. The minimum absolute atomic E-state index is 0.154. The van der Waals surface area contributed by atoms with Gasteiger partial charge in [0, 0.05) is 0 Å². The van der Waals surface area contributed by atoms with Gasteiger partial charge in [0.1, 0.15) is 6.23 Å². The smallest absolute Gasteiger partial charge is 0.409 e. The minimum Gasteiger partial charge on any atom is -0.447 e. The van der Waals surface area contributed by atoms with E-state index in [9.17, 15) is 4.79 Å². The molecule has 1 atom stereocenters. The SMILES string of the molecule is CCC(O)NC(=O)OC(C)C. The molecule has 0 heterocycles. The maximum Gasteiger partial charge on any atom is 0.409 e. The van der Waals surface area contributed by atoms with E-state index < -0.39 is 12.3 Å². The zero-order valence-electron chi connectivity index (χ0n) is 7.13. The summed E-state index contributed by atoms with van der Waals surface area (Å²) in [6.45, 7) is 5.26. The summed E-state index contributed by atoms with van der Waals surface area (Å²) >= 11 is 0. The van der Waals surface area contributed by atoms with Gasteiger partial charge in [-0.15, -0.1) is 0 Å². The van der Waals surface area contributed by atoms with Crippen LogP contribution in [-0.2, 0) is 4.74 Å². The van der Waals surface area contributed by atoms with Crippen molar-refractivity contribution in [3.63, 3.8) is 0 Å². The Hall–Kier alpha value is -0.770. The van der Waals surface area contributed by atoms with Crippen LogP contribution in [0, 0.1) is 0 Å². The Kier molecular flexibility index (Phi) is 4.61. The number of carbonyl (C=O) groups excluding carboxylic acids is 1. The molecule has 0 aliphatic carbocycles. The Morgan fingerprint density at radius 3 is 2.55 bits per heavy atom. The highest BCUT2D eigenvalue weighted by molar-refractivity contribution is 5.67. The number of ether oxygens (including phenoxy) is 1. The maximum atomic E-state index is 10.7. The summed E-state index contributed by atoms with van der Waals surface area (Å²) in [7, 11) is 0. The van der Waals surface area contributed by atoms with Crippen molar-refractivity contribution in [3.8, 4) is 0 Å². The van der Waals surface area contributed by atoms with Crippen LogP contribution in [-0.4, -0.2) is 23.5 Å². The third-order valence-corrected chi connectivity index (χ3v) is 1.01. The second-order valence-electron chi connectivity index (χ2n) is 2.52. The summed E-state index contributed by atoms with van der Waals surface area (Å²) in [6, 6.07) is 0. The Bertz CT molecular complexity index is 125. The van der Waals surface area contributed by atoms with Gasteiger partial charge in [-0.05, 0) is 20.3 Å². The number of amides is 1. The van der Waals surface area contributed by atoms with Gasteiger partial charge in [0.2, 0.25) is 0 Å². The highest BCUT2D eigenvalue weighted by Gasteiger charge is 2.08. The molecule has 0 bridgehead atoms. The number of hydrogen-bond donors (Lipinski definition) is 2. The summed E-state index contributed by atoms with van der Waals surface area (Å²) in [6.07, 6.45) is -1.05. The largest absolute Gasteiger partial charge is 0.447 e. The lowest BCUT2D eigenvalue weighted by atomic mass is 10.4. The van der Waals surface area contributed by atoms with Crippen LogP contribution in [0.5, 0.6) is 0 Å². The first kappa shape index (κ1) is 10.2. The molecule has 0 saturated carbocycles. The summed E-state index contributed by atoms with van der Waals surface area (Å²) < 4.78 is 4.71. The fourth-order valence-corrected chi connectivity index (χ4v) is 0.486. The second kappa shape index (κ2) is 4.96. The first-order valence-corrected chi connectivity index (χ1v) is 3.71. The lowest BCUT2D eigenvalue weighted by Gasteiger charge is -2.12. The highest BCUT2D eigenvalue weighted by atomic mass is 16.6. The van der Waals surface area contributed by atoms with Gasteiger partial charge >= 0.3 is 6.09 Å². The molecule has 4 heteroatoms. The highest BCUT2D eigenvalue weighted by Crippen LogP contribution is 1.90. The molecule has 4 nitrogen and oxygen atoms in total. The van der Waals surface area contributed by atoms with E-state index >= 15 is 0 Å². The van der Waals surface area contributed by atoms with E-state index in [1.165, 1.54) is 0 Å². The summed E-state index contributed by atoms with van der Waals surface area (Å²) in [4.78, 5) is 10.7. The van der Waals surface area contributed by atoms with Crippen LogP contribution in [0.2, 0.25) is 0 Å². The number of rotatable bonds is 3. The molecule has 0 spiro atoms. The van der Waals surface area contributed by atoms with Gasteiger partial charge in [0.15, 0.2) is 0 Å². The van der Waals surface area contributed by atoms with E-state index in [0.29, 0.717) is 6.42 Å². The zero-order valence-corrected chi connectivity index (χ0v) is 7.13. The van der Waals surface area contributed by atoms with E-state index in [2.05, 4.69) is 5.32 Å².